The van der Waals surface area contributed by atoms with Gasteiger partial charge in [-0.2, -0.15) is 0 Å². The van der Waals surface area contributed by atoms with E-state index < -0.39 is 0 Å². The van der Waals surface area contributed by atoms with Crippen molar-refractivity contribution in [2.24, 2.45) is 0 Å². The summed E-state index contributed by atoms with van der Waals surface area (Å²) in [5.74, 6) is 1.82. The van der Waals surface area contributed by atoms with Crippen LogP contribution in [0.4, 0.5) is 0 Å². The quantitative estimate of drug-likeness (QED) is 0.780. The molecule has 0 fully saturated rings. The molecule has 6 heteroatoms. The largest absolute Gasteiger partial charge is 0.496 e. The second-order valence-corrected chi connectivity index (χ2v) is 5.59. The van der Waals surface area contributed by atoms with Gasteiger partial charge < -0.3 is 24.3 Å². The molecule has 0 saturated heterocycles. The van der Waals surface area contributed by atoms with E-state index in [9.17, 15) is 4.79 Å². The second kappa shape index (κ2) is 8.99. The third-order valence-corrected chi connectivity index (χ3v) is 4.15. The Bertz CT molecular complexity index is 735. The van der Waals surface area contributed by atoms with E-state index in [4.69, 9.17) is 18.9 Å². The van der Waals surface area contributed by atoms with Gasteiger partial charge in [-0.1, -0.05) is 25.1 Å². The summed E-state index contributed by atoms with van der Waals surface area (Å²) in [6.45, 7) is 2.01. The summed E-state index contributed by atoms with van der Waals surface area (Å²) in [4.78, 5) is 12.8. The first-order valence-corrected chi connectivity index (χ1v) is 8.33. The van der Waals surface area contributed by atoms with Crippen LogP contribution in [0.1, 0.15) is 35.3 Å². The van der Waals surface area contributed by atoms with E-state index in [1.807, 2.05) is 31.2 Å². The number of hydrogen-bond donors (Lipinski definition) is 1. The molecular weight excluding hydrogens is 334 g/mol. The van der Waals surface area contributed by atoms with Crippen LogP contribution in [-0.4, -0.2) is 34.3 Å². The van der Waals surface area contributed by atoms with Gasteiger partial charge in [-0.25, -0.2) is 0 Å². The molecule has 0 aliphatic carbocycles. The lowest BCUT2D eigenvalue weighted by atomic mass is 10.0. The van der Waals surface area contributed by atoms with Crippen LogP contribution >= 0.6 is 0 Å². The van der Waals surface area contributed by atoms with Crippen molar-refractivity contribution < 1.29 is 23.7 Å². The molecule has 1 unspecified atom stereocenters. The van der Waals surface area contributed by atoms with Crippen LogP contribution in [0.5, 0.6) is 23.0 Å². The molecule has 1 N–H and O–H groups in total. The molecule has 0 aromatic heterocycles. The molecule has 0 radical (unpaired) electrons. The van der Waals surface area contributed by atoms with Gasteiger partial charge in [0.1, 0.15) is 5.75 Å². The standard InChI is InChI=1S/C20H25NO5/c1-6-15(14-9-7-8-10-16(14)23-2)21-20(22)13-11-17(24-3)19(26-5)18(12-13)25-4/h7-12,15H,6H2,1-5H3,(H,21,22). The van der Waals surface area contributed by atoms with Gasteiger partial charge in [0.25, 0.3) is 5.91 Å². The zero-order chi connectivity index (χ0) is 19.1. The summed E-state index contributed by atoms with van der Waals surface area (Å²) in [6.07, 6.45) is 0.719. The van der Waals surface area contributed by atoms with Crippen LogP contribution < -0.4 is 24.3 Å². The highest BCUT2D eigenvalue weighted by molar-refractivity contribution is 5.96. The third-order valence-electron chi connectivity index (χ3n) is 4.15. The van der Waals surface area contributed by atoms with E-state index in [-0.39, 0.29) is 11.9 Å². The molecule has 1 amide bonds. The summed E-state index contributed by atoms with van der Waals surface area (Å²) in [5, 5.41) is 3.04. The van der Waals surface area contributed by atoms with Gasteiger partial charge in [-0.05, 0) is 24.6 Å². The first kappa shape index (κ1) is 19.4. The molecule has 0 heterocycles. The fourth-order valence-electron chi connectivity index (χ4n) is 2.81. The minimum absolute atomic E-state index is 0.183. The number of benzene rings is 2. The fourth-order valence-corrected chi connectivity index (χ4v) is 2.81. The first-order valence-electron chi connectivity index (χ1n) is 8.33. The number of para-hydroxylation sites is 1. The maximum absolute atomic E-state index is 12.8. The fraction of sp³-hybridized carbons (Fsp3) is 0.350. The topological polar surface area (TPSA) is 66.0 Å². The number of amides is 1. The number of hydrogen-bond acceptors (Lipinski definition) is 5. The van der Waals surface area contributed by atoms with Crippen molar-refractivity contribution in [1.29, 1.82) is 0 Å². The molecule has 140 valence electrons. The van der Waals surface area contributed by atoms with Gasteiger partial charge in [0, 0.05) is 11.1 Å². The van der Waals surface area contributed by atoms with Crippen LogP contribution in [0, 0.1) is 0 Å². The molecule has 26 heavy (non-hydrogen) atoms. The Labute approximate surface area is 154 Å². The number of carbonyl (C=O) groups excluding carboxylic acids is 1. The van der Waals surface area contributed by atoms with Crippen LogP contribution in [0.15, 0.2) is 36.4 Å². The summed E-state index contributed by atoms with van der Waals surface area (Å²) < 4.78 is 21.3. The van der Waals surface area contributed by atoms with Gasteiger partial charge in [-0.3, -0.25) is 4.79 Å². The normalized spacial score (nSPS) is 11.4. The van der Waals surface area contributed by atoms with Crippen LogP contribution in [0.25, 0.3) is 0 Å². The van der Waals surface area contributed by atoms with Crippen molar-refractivity contribution in [3.05, 3.63) is 47.5 Å². The number of rotatable bonds is 8. The lowest BCUT2D eigenvalue weighted by Crippen LogP contribution is -2.28. The van der Waals surface area contributed by atoms with E-state index in [0.717, 1.165) is 17.7 Å². The molecule has 2 aromatic carbocycles. The zero-order valence-corrected chi connectivity index (χ0v) is 15.8. The zero-order valence-electron chi connectivity index (χ0n) is 15.8. The second-order valence-electron chi connectivity index (χ2n) is 5.59. The number of nitrogens with one attached hydrogen (secondary N) is 1. The van der Waals surface area contributed by atoms with Crippen molar-refractivity contribution >= 4 is 5.91 Å². The highest BCUT2D eigenvalue weighted by Gasteiger charge is 2.21. The van der Waals surface area contributed by atoms with Gasteiger partial charge in [0.05, 0.1) is 34.5 Å². The average molecular weight is 359 g/mol. The monoisotopic (exact) mass is 359 g/mol. The van der Waals surface area contributed by atoms with Crippen molar-refractivity contribution in [2.45, 2.75) is 19.4 Å². The van der Waals surface area contributed by atoms with E-state index in [2.05, 4.69) is 5.32 Å². The van der Waals surface area contributed by atoms with Gasteiger partial charge >= 0.3 is 0 Å². The number of ether oxygens (including phenoxy) is 4. The molecular formula is C20H25NO5. The Kier molecular flexibility index (Phi) is 6.72. The lowest BCUT2D eigenvalue weighted by Gasteiger charge is -2.20. The predicted octanol–water partition coefficient (Wildman–Crippen LogP) is 3.60. The average Bonchev–Trinajstić information content (AvgIpc) is 2.70. The summed E-state index contributed by atoms with van der Waals surface area (Å²) in [6, 6.07) is 10.7. The van der Waals surface area contributed by atoms with Crippen molar-refractivity contribution in [3.63, 3.8) is 0 Å². The van der Waals surface area contributed by atoms with Crippen molar-refractivity contribution in [1.82, 2.24) is 5.32 Å². The Hall–Kier alpha value is -2.89. The van der Waals surface area contributed by atoms with Crippen molar-refractivity contribution in [2.75, 3.05) is 28.4 Å². The lowest BCUT2D eigenvalue weighted by molar-refractivity contribution is 0.0934. The van der Waals surface area contributed by atoms with Crippen LogP contribution in [0.2, 0.25) is 0 Å². The van der Waals surface area contributed by atoms with Gasteiger partial charge in [-0.15, -0.1) is 0 Å². The predicted molar refractivity (Wildman–Crippen MR) is 99.6 cm³/mol. The number of methoxy groups -OCH3 is 4. The summed E-state index contributed by atoms with van der Waals surface area (Å²) in [5.41, 5.74) is 1.35. The molecule has 2 aromatic rings. The van der Waals surface area contributed by atoms with E-state index in [1.165, 1.54) is 21.3 Å². The maximum atomic E-state index is 12.8. The minimum Gasteiger partial charge on any atom is -0.496 e. The molecule has 6 nitrogen and oxygen atoms in total. The summed E-state index contributed by atoms with van der Waals surface area (Å²) >= 11 is 0. The molecule has 1 atom stereocenters. The smallest absolute Gasteiger partial charge is 0.252 e. The molecule has 0 spiro atoms. The molecule has 0 saturated carbocycles. The van der Waals surface area contributed by atoms with Gasteiger partial charge in [0.15, 0.2) is 11.5 Å². The Balaban J connectivity index is 2.33. The SMILES string of the molecule is CCC(NC(=O)c1cc(OC)c(OC)c(OC)c1)c1ccccc1OC. The van der Waals surface area contributed by atoms with E-state index in [0.29, 0.717) is 22.8 Å². The van der Waals surface area contributed by atoms with Gasteiger partial charge in [0.2, 0.25) is 5.75 Å². The van der Waals surface area contributed by atoms with Crippen LogP contribution in [-0.2, 0) is 0 Å². The Morgan fingerprint density at radius 1 is 0.923 bits per heavy atom. The molecule has 0 aliphatic heterocycles. The highest BCUT2D eigenvalue weighted by atomic mass is 16.5. The number of carbonyl (C=O) groups is 1. The van der Waals surface area contributed by atoms with E-state index >= 15 is 0 Å². The Morgan fingerprint density at radius 3 is 2.00 bits per heavy atom. The molecule has 0 aliphatic rings. The first-order chi connectivity index (χ1) is 12.6. The summed E-state index contributed by atoms with van der Waals surface area (Å²) in [7, 11) is 6.17. The minimum atomic E-state index is -0.234. The van der Waals surface area contributed by atoms with E-state index in [1.54, 1.807) is 19.2 Å². The highest BCUT2D eigenvalue weighted by Crippen LogP contribution is 2.38. The molecule has 2 rings (SSSR count). The van der Waals surface area contributed by atoms with Crippen molar-refractivity contribution in [3.8, 4) is 23.0 Å². The van der Waals surface area contributed by atoms with Crippen LogP contribution in [0.3, 0.4) is 0 Å². The maximum Gasteiger partial charge on any atom is 0.252 e. The third kappa shape index (κ3) is 4.02. The molecule has 0 bridgehead atoms. The Morgan fingerprint density at radius 2 is 1.50 bits per heavy atom.